The van der Waals surface area contributed by atoms with Crippen LogP contribution in [0.5, 0.6) is 5.75 Å². The van der Waals surface area contributed by atoms with E-state index in [0.717, 1.165) is 25.1 Å². The molecule has 0 saturated heterocycles. The Hall–Kier alpha value is -1.02. The number of carbonyl (C=O) groups is 1. The van der Waals surface area contributed by atoms with Crippen molar-refractivity contribution >= 4 is 29.1 Å². The van der Waals surface area contributed by atoms with Crippen LogP contribution in [0.15, 0.2) is 23.1 Å². The van der Waals surface area contributed by atoms with Gasteiger partial charge in [-0.2, -0.15) is 22.0 Å². The highest BCUT2D eigenvalue weighted by Gasteiger charge is 2.32. The smallest absolute Gasteiger partial charge is 0.435 e. The molecule has 0 radical (unpaired) electrons. The van der Waals surface area contributed by atoms with E-state index in [1.54, 1.807) is 0 Å². The molecule has 0 aliphatic heterocycles. The van der Waals surface area contributed by atoms with E-state index in [1.165, 1.54) is 0 Å². The second-order valence-corrected chi connectivity index (χ2v) is 5.14. The van der Waals surface area contributed by atoms with Gasteiger partial charge in [-0.3, -0.25) is 4.79 Å². The number of thioether (sulfide) groups is 1. The Labute approximate surface area is 120 Å². The molecule has 0 N–H and O–H groups in total. The minimum absolute atomic E-state index is 0.223. The maximum atomic E-state index is 12.4. The molecule has 0 fully saturated rings. The Bertz CT molecular complexity index is 492. The molecule has 112 valence electrons. The Morgan fingerprint density at radius 1 is 1.35 bits per heavy atom. The summed E-state index contributed by atoms with van der Waals surface area (Å²) in [6, 6.07) is 2.79. The standard InChI is InChI=1S/C11H8ClF5O2S/c1-5(18)9(12)7-4-6(19-10(13)14)2-3-8(7)20-11(15,16)17/h2-4,9-10H,1H3. The highest BCUT2D eigenvalue weighted by Crippen LogP contribution is 2.42. The second kappa shape index (κ2) is 6.62. The number of rotatable bonds is 5. The molecule has 0 aromatic heterocycles. The molecule has 0 spiro atoms. The highest BCUT2D eigenvalue weighted by atomic mass is 35.5. The van der Waals surface area contributed by atoms with Crippen LogP contribution in [0.1, 0.15) is 17.9 Å². The molecule has 0 amide bonds. The number of hydrogen-bond donors (Lipinski definition) is 0. The number of carbonyl (C=O) groups excluding carboxylic acids is 1. The van der Waals surface area contributed by atoms with E-state index in [-0.39, 0.29) is 16.2 Å². The van der Waals surface area contributed by atoms with E-state index in [1.807, 2.05) is 0 Å². The first kappa shape index (κ1) is 17.0. The monoisotopic (exact) mass is 334 g/mol. The van der Waals surface area contributed by atoms with E-state index < -0.39 is 35.0 Å². The number of ether oxygens (including phenoxy) is 1. The normalized spacial score (nSPS) is 13.4. The molecule has 1 aromatic rings. The molecule has 9 heteroatoms. The Kier molecular flexibility index (Phi) is 5.64. The SMILES string of the molecule is CC(=O)C(Cl)c1cc(OC(F)F)ccc1SC(F)(F)F. The van der Waals surface area contributed by atoms with E-state index >= 15 is 0 Å². The van der Waals surface area contributed by atoms with E-state index in [0.29, 0.717) is 0 Å². The van der Waals surface area contributed by atoms with E-state index in [9.17, 15) is 26.7 Å². The summed E-state index contributed by atoms with van der Waals surface area (Å²) in [5.74, 6) is -0.974. The van der Waals surface area contributed by atoms with Gasteiger partial charge in [-0.1, -0.05) is 0 Å². The van der Waals surface area contributed by atoms with Crippen LogP contribution in [-0.2, 0) is 4.79 Å². The largest absolute Gasteiger partial charge is 0.446 e. The summed E-state index contributed by atoms with van der Waals surface area (Å²) in [6.45, 7) is -2.05. The van der Waals surface area contributed by atoms with Gasteiger partial charge in [0.05, 0.1) is 0 Å². The summed E-state index contributed by atoms with van der Waals surface area (Å²) in [7, 11) is 0. The van der Waals surface area contributed by atoms with Crippen molar-refractivity contribution in [1.29, 1.82) is 0 Å². The predicted octanol–water partition coefficient (Wildman–Crippen LogP) is 4.77. The fraction of sp³-hybridized carbons (Fsp3) is 0.364. The molecule has 0 aliphatic rings. The summed E-state index contributed by atoms with van der Waals surface area (Å²) in [5.41, 5.74) is -4.81. The van der Waals surface area contributed by atoms with Crippen molar-refractivity contribution in [3.05, 3.63) is 23.8 Å². The lowest BCUT2D eigenvalue weighted by molar-refractivity contribution is -0.116. The average molecular weight is 335 g/mol. The van der Waals surface area contributed by atoms with Gasteiger partial charge in [0.1, 0.15) is 11.1 Å². The summed E-state index contributed by atoms with van der Waals surface area (Å²) in [5, 5.41) is -1.37. The topological polar surface area (TPSA) is 26.3 Å². The van der Waals surface area contributed by atoms with Crippen LogP contribution in [0, 0.1) is 0 Å². The first-order chi connectivity index (χ1) is 9.10. The van der Waals surface area contributed by atoms with Crippen LogP contribution in [-0.4, -0.2) is 17.9 Å². The van der Waals surface area contributed by atoms with Crippen molar-refractivity contribution < 1.29 is 31.5 Å². The molecule has 1 unspecified atom stereocenters. The molecule has 0 bridgehead atoms. The zero-order valence-electron chi connectivity index (χ0n) is 9.88. The number of benzene rings is 1. The van der Waals surface area contributed by atoms with Crippen molar-refractivity contribution in [3.63, 3.8) is 0 Å². The quantitative estimate of drug-likeness (QED) is 0.441. The van der Waals surface area contributed by atoms with Gasteiger partial charge in [0.15, 0.2) is 5.78 Å². The van der Waals surface area contributed by atoms with Gasteiger partial charge in [-0.25, -0.2) is 0 Å². The zero-order chi connectivity index (χ0) is 15.5. The van der Waals surface area contributed by atoms with Crippen molar-refractivity contribution in [2.45, 2.75) is 29.3 Å². The number of Topliss-reactive ketones (excluding diaryl/α,β-unsaturated/α-hetero) is 1. The summed E-state index contributed by atoms with van der Waals surface area (Å²) in [4.78, 5) is 10.8. The van der Waals surface area contributed by atoms with Gasteiger partial charge < -0.3 is 4.74 Å². The van der Waals surface area contributed by atoms with Gasteiger partial charge >= 0.3 is 12.1 Å². The molecule has 1 aromatic carbocycles. The molecule has 2 nitrogen and oxygen atoms in total. The Balaban J connectivity index is 3.19. The lowest BCUT2D eigenvalue weighted by Crippen LogP contribution is -2.08. The average Bonchev–Trinajstić information content (AvgIpc) is 2.27. The maximum Gasteiger partial charge on any atom is 0.446 e. The fourth-order valence-electron chi connectivity index (χ4n) is 1.34. The third-order valence-corrected chi connectivity index (χ3v) is 3.43. The van der Waals surface area contributed by atoms with Crippen LogP contribution < -0.4 is 4.74 Å². The molecule has 0 saturated carbocycles. The number of hydrogen-bond acceptors (Lipinski definition) is 3. The van der Waals surface area contributed by atoms with Crippen molar-refractivity contribution in [1.82, 2.24) is 0 Å². The molecule has 20 heavy (non-hydrogen) atoms. The van der Waals surface area contributed by atoms with Crippen LogP contribution in [0.4, 0.5) is 22.0 Å². The molecular weight excluding hydrogens is 327 g/mol. The summed E-state index contributed by atoms with van der Waals surface area (Å²) < 4.78 is 65.4. The highest BCUT2D eigenvalue weighted by molar-refractivity contribution is 8.00. The lowest BCUT2D eigenvalue weighted by atomic mass is 10.1. The molecule has 1 rings (SSSR count). The third kappa shape index (κ3) is 5.16. The van der Waals surface area contributed by atoms with Gasteiger partial charge in [-0.15, -0.1) is 11.6 Å². The first-order valence-corrected chi connectivity index (χ1v) is 6.34. The molecule has 0 aliphatic carbocycles. The predicted molar refractivity (Wildman–Crippen MR) is 64.3 cm³/mol. The van der Waals surface area contributed by atoms with Gasteiger partial charge in [0.25, 0.3) is 0 Å². The third-order valence-electron chi connectivity index (χ3n) is 2.06. The molecule has 0 heterocycles. The van der Waals surface area contributed by atoms with Crippen molar-refractivity contribution in [2.75, 3.05) is 0 Å². The molecule has 1 atom stereocenters. The van der Waals surface area contributed by atoms with Crippen LogP contribution in [0.2, 0.25) is 0 Å². The summed E-state index contributed by atoms with van der Waals surface area (Å²) in [6.07, 6.45) is 0. The van der Waals surface area contributed by atoms with Gasteiger partial charge in [-0.05, 0) is 42.4 Å². The molecular formula is C11H8ClF5O2S. The fourth-order valence-corrected chi connectivity index (χ4v) is 2.26. The van der Waals surface area contributed by atoms with Crippen LogP contribution in [0.25, 0.3) is 0 Å². The second-order valence-electron chi connectivity index (χ2n) is 3.60. The van der Waals surface area contributed by atoms with Crippen LogP contribution in [0.3, 0.4) is 0 Å². The van der Waals surface area contributed by atoms with E-state index in [2.05, 4.69) is 4.74 Å². The number of ketones is 1. The minimum atomic E-state index is -4.59. The number of halogens is 6. The van der Waals surface area contributed by atoms with Gasteiger partial charge in [0.2, 0.25) is 0 Å². The van der Waals surface area contributed by atoms with Crippen molar-refractivity contribution in [3.8, 4) is 5.75 Å². The summed E-state index contributed by atoms with van der Waals surface area (Å²) >= 11 is 5.23. The Morgan fingerprint density at radius 3 is 2.40 bits per heavy atom. The van der Waals surface area contributed by atoms with Crippen molar-refractivity contribution in [2.24, 2.45) is 0 Å². The maximum absolute atomic E-state index is 12.4. The zero-order valence-corrected chi connectivity index (χ0v) is 11.5. The van der Waals surface area contributed by atoms with E-state index in [4.69, 9.17) is 11.6 Å². The van der Waals surface area contributed by atoms with Crippen LogP contribution >= 0.6 is 23.4 Å². The van der Waals surface area contributed by atoms with Gasteiger partial charge in [0, 0.05) is 4.90 Å². The first-order valence-electron chi connectivity index (χ1n) is 5.09. The Morgan fingerprint density at radius 2 is 1.95 bits per heavy atom. The number of alkyl halides is 6. The minimum Gasteiger partial charge on any atom is -0.435 e. The lowest BCUT2D eigenvalue weighted by Gasteiger charge is -2.15.